The van der Waals surface area contributed by atoms with Crippen LogP contribution in [0.3, 0.4) is 0 Å². The zero-order chi connectivity index (χ0) is 18.6. The first-order valence-corrected chi connectivity index (χ1v) is 10.0. The molecule has 0 amide bonds. The van der Waals surface area contributed by atoms with Crippen LogP contribution >= 0.6 is 11.6 Å². The summed E-state index contributed by atoms with van der Waals surface area (Å²) in [6, 6.07) is 9.22. The molecule has 4 rings (SSSR count). The van der Waals surface area contributed by atoms with Gasteiger partial charge in [-0.25, -0.2) is 17.8 Å². The Labute approximate surface area is 154 Å². The molecule has 0 saturated heterocycles. The summed E-state index contributed by atoms with van der Waals surface area (Å²) in [5, 5.41) is 0.0251. The quantitative estimate of drug-likeness (QED) is 0.662. The van der Waals surface area contributed by atoms with Gasteiger partial charge in [-0.15, -0.1) is 0 Å². The fraction of sp³-hybridized carbons (Fsp3) is 0.167. The zero-order valence-corrected chi connectivity index (χ0v) is 15.5. The highest BCUT2D eigenvalue weighted by Crippen LogP contribution is 2.38. The van der Waals surface area contributed by atoms with E-state index in [-0.39, 0.29) is 16.5 Å². The van der Waals surface area contributed by atoms with Crippen LogP contribution in [0.2, 0.25) is 5.02 Å². The number of nitrogens with zero attached hydrogens (tertiary/aromatic N) is 2. The van der Waals surface area contributed by atoms with Crippen LogP contribution in [0.25, 0.3) is 16.9 Å². The van der Waals surface area contributed by atoms with Crippen molar-refractivity contribution < 1.29 is 17.5 Å². The lowest BCUT2D eigenvalue weighted by atomic mass is 10.1. The third kappa shape index (κ3) is 2.68. The number of rotatable bonds is 2. The first-order valence-electron chi connectivity index (χ1n) is 7.76. The third-order valence-corrected chi connectivity index (χ3v) is 5.67. The molecule has 0 unspecified atom stereocenters. The molecule has 0 aliphatic carbocycles. The molecule has 1 aliphatic heterocycles. The lowest BCUT2D eigenvalue weighted by Crippen LogP contribution is -2.14. The number of ether oxygens (including phenoxy) is 1. The topological polar surface area (TPSA) is 61.2 Å². The van der Waals surface area contributed by atoms with Crippen molar-refractivity contribution in [2.24, 2.45) is 0 Å². The van der Waals surface area contributed by atoms with E-state index in [9.17, 15) is 12.8 Å². The molecule has 2 heterocycles. The van der Waals surface area contributed by atoms with E-state index in [1.807, 2.05) is 11.5 Å². The van der Waals surface area contributed by atoms with E-state index < -0.39 is 15.7 Å². The van der Waals surface area contributed by atoms with E-state index >= 15 is 0 Å². The monoisotopic (exact) mass is 392 g/mol. The van der Waals surface area contributed by atoms with Gasteiger partial charge in [0.15, 0.2) is 15.7 Å². The molecule has 3 aromatic rings. The van der Waals surface area contributed by atoms with Crippen LogP contribution in [0.1, 0.15) is 11.5 Å². The second-order valence-corrected chi connectivity index (χ2v) is 8.54. The Hall–Kier alpha value is -2.38. The van der Waals surface area contributed by atoms with E-state index in [2.05, 4.69) is 4.98 Å². The van der Waals surface area contributed by atoms with E-state index in [4.69, 9.17) is 16.3 Å². The molecule has 26 heavy (non-hydrogen) atoms. The van der Waals surface area contributed by atoms with Gasteiger partial charge in [0.1, 0.15) is 18.2 Å². The molecule has 8 heteroatoms. The number of hydrogen-bond acceptors (Lipinski definition) is 4. The largest absolute Gasteiger partial charge is 0.483 e. The molecule has 0 radical (unpaired) electrons. The van der Waals surface area contributed by atoms with Crippen molar-refractivity contribution in [2.45, 2.75) is 18.4 Å². The number of aromatic nitrogens is 2. The first kappa shape index (κ1) is 17.1. The summed E-state index contributed by atoms with van der Waals surface area (Å²) >= 11 is 5.94. The van der Waals surface area contributed by atoms with Crippen molar-refractivity contribution in [1.29, 1.82) is 0 Å². The molecule has 0 bridgehead atoms. The van der Waals surface area contributed by atoms with Crippen molar-refractivity contribution in [2.75, 3.05) is 6.26 Å². The van der Waals surface area contributed by atoms with Gasteiger partial charge in [-0.2, -0.15) is 0 Å². The molecule has 1 aromatic heterocycles. The zero-order valence-electron chi connectivity index (χ0n) is 14.0. The maximum Gasteiger partial charge on any atom is 0.175 e. The molecule has 0 saturated carbocycles. The number of sulfone groups is 1. The van der Waals surface area contributed by atoms with Crippen LogP contribution in [0, 0.1) is 12.7 Å². The van der Waals surface area contributed by atoms with Crippen LogP contribution in [0.5, 0.6) is 5.75 Å². The lowest BCUT2D eigenvalue weighted by molar-refractivity contribution is 0.279. The van der Waals surface area contributed by atoms with E-state index in [1.165, 1.54) is 18.2 Å². The Morgan fingerprint density at radius 1 is 1.23 bits per heavy atom. The van der Waals surface area contributed by atoms with Crippen LogP contribution in [-0.2, 0) is 16.4 Å². The molecular weight excluding hydrogens is 379 g/mol. The predicted octanol–water partition coefficient (Wildman–Crippen LogP) is 3.94. The number of aryl methyl sites for hydroxylation is 1. The molecule has 134 valence electrons. The standard InChI is InChI=1S/C18H14ClFN2O3S/c1-10-18(11-3-5-14(20)13(19)7-11)22-15-6-4-12(26(2,23)24)8-16(15)25-9-17(22)21-10/h3-8H,9H2,1-2H3. The third-order valence-electron chi connectivity index (χ3n) is 4.27. The highest BCUT2D eigenvalue weighted by Gasteiger charge is 2.25. The minimum absolute atomic E-state index is 0.0251. The SMILES string of the molecule is Cc1nc2n(c1-c1ccc(F)c(Cl)c1)-c1ccc(S(C)(=O)=O)cc1OC2. The molecule has 0 spiro atoms. The summed E-state index contributed by atoms with van der Waals surface area (Å²) in [6.45, 7) is 2.05. The smallest absolute Gasteiger partial charge is 0.175 e. The minimum atomic E-state index is -3.35. The molecule has 0 fully saturated rings. The van der Waals surface area contributed by atoms with Crippen molar-refractivity contribution >= 4 is 21.4 Å². The van der Waals surface area contributed by atoms with Gasteiger partial charge in [0.25, 0.3) is 0 Å². The van der Waals surface area contributed by atoms with Gasteiger partial charge in [-0.3, -0.25) is 4.57 Å². The van der Waals surface area contributed by atoms with Gasteiger partial charge in [-0.05, 0) is 37.3 Å². The lowest BCUT2D eigenvalue weighted by Gasteiger charge is -2.22. The van der Waals surface area contributed by atoms with E-state index in [0.29, 0.717) is 22.8 Å². The Kier molecular flexibility index (Phi) is 3.82. The molecule has 0 atom stereocenters. The molecule has 1 aliphatic rings. The van der Waals surface area contributed by atoms with E-state index in [0.717, 1.165) is 17.6 Å². The second kappa shape index (κ2) is 5.82. The summed E-state index contributed by atoms with van der Waals surface area (Å²) in [4.78, 5) is 4.72. The number of fused-ring (bicyclic) bond motifs is 3. The second-order valence-electron chi connectivity index (χ2n) is 6.12. The molecule has 0 N–H and O–H groups in total. The number of hydrogen-bond donors (Lipinski definition) is 0. The van der Waals surface area contributed by atoms with Crippen LogP contribution in [0.4, 0.5) is 4.39 Å². The number of benzene rings is 2. The highest BCUT2D eigenvalue weighted by atomic mass is 35.5. The Morgan fingerprint density at radius 3 is 2.69 bits per heavy atom. The van der Waals surface area contributed by atoms with Crippen LogP contribution < -0.4 is 4.74 Å². The van der Waals surface area contributed by atoms with Crippen LogP contribution in [0.15, 0.2) is 41.3 Å². The fourth-order valence-electron chi connectivity index (χ4n) is 3.09. The maximum absolute atomic E-state index is 13.5. The normalized spacial score (nSPS) is 13.1. The van der Waals surface area contributed by atoms with Gasteiger partial charge in [0.2, 0.25) is 0 Å². The van der Waals surface area contributed by atoms with Crippen molar-refractivity contribution in [1.82, 2.24) is 9.55 Å². The van der Waals surface area contributed by atoms with Gasteiger partial charge >= 0.3 is 0 Å². The summed E-state index contributed by atoms with van der Waals surface area (Å²) in [7, 11) is -3.35. The van der Waals surface area contributed by atoms with Gasteiger partial charge in [-0.1, -0.05) is 11.6 Å². The summed E-state index contributed by atoms with van der Waals surface area (Å²) < 4.78 is 44.7. The summed E-state index contributed by atoms with van der Waals surface area (Å²) in [5.41, 5.74) is 2.90. The molecular formula is C18H14ClFN2O3S. The molecule has 2 aromatic carbocycles. The van der Waals surface area contributed by atoms with E-state index in [1.54, 1.807) is 18.2 Å². The Bertz CT molecular complexity index is 1160. The van der Waals surface area contributed by atoms with Crippen molar-refractivity contribution in [3.05, 3.63) is 58.8 Å². The Morgan fingerprint density at radius 2 is 2.00 bits per heavy atom. The van der Waals surface area contributed by atoms with Gasteiger partial charge in [0, 0.05) is 17.9 Å². The fourth-order valence-corrected chi connectivity index (χ4v) is 3.91. The number of halogens is 2. The first-order chi connectivity index (χ1) is 12.3. The minimum Gasteiger partial charge on any atom is -0.483 e. The van der Waals surface area contributed by atoms with Crippen molar-refractivity contribution in [3.8, 4) is 22.7 Å². The number of imidazole rings is 1. The summed E-state index contributed by atoms with van der Waals surface area (Å²) in [5.74, 6) is 0.637. The van der Waals surface area contributed by atoms with Gasteiger partial charge < -0.3 is 4.74 Å². The summed E-state index contributed by atoms with van der Waals surface area (Å²) in [6.07, 6.45) is 1.15. The van der Waals surface area contributed by atoms with Gasteiger partial charge in [0.05, 0.1) is 27.0 Å². The van der Waals surface area contributed by atoms with Crippen molar-refractivity contribution in [3.63, 3.8) is 0 Å². The van der Waals surface area contributed by atoms with Crippen LogP contribution in [-0.4, -0.2) is 24.2 Å². The maximum atomic E-state index is 13.5. The average Bonchev–Trinajstić information content (AvgIpc) is 2.92. The predicted molar refractivity (Wildman–Crippen MR) is 96.1 cm³/mol. The highest BCUT2D eigenvalue weighted by molar-refractivity contribution is 7.90. The Balaban J connectivity index is 1.95. The molecule has 5 nitrogen and oxygen atoms in total. The average molecular weight is 393 g/mol.